The molecule has 7 heteroatoms. The number of benzene rings is 1. The van der Waals surface area contributed by atoms with Crippen LogP contribution in [-0.4, -0.2) is 40.6 Å². The highest BCUT2D eigenvalue weighted by Crippen LogP contribution is 2.28. The molecule has 1 unspecified atom stereocenters. The van der Waals surface area contributed by atoms with E-state index in [0.29, 0.717) is 37.0 Å². The molecule has 0 saturated carbocycles. The molecule has 146 valence electrons. The first-order valence-corrected chi connectivity index (χ1v) is 9.60. The Hall–Kier alpha value is -2.44. The first kappa shape index (κ1) is 19.3. The van der Waals surface area contributed by atoms with Crippen molar-refractivity contribution in [3.63, 3.8) is 0 Å². The third-order valence-corrected chi connectivity index (χ3v) is 5.08. The number of likely N-dealkylation sites (tertiary alicyclic amines) is 1. The van der Waals surface area contributed by atoms with Gasteiger partial charge in [-0.05, 0) is 43.5 Å². The van der Waals surface area contributed by atoms with Crippen LogP contribution in [0.15, 0.2) is 28.8 Å². The Kier molecular flexibility index (Phi) is 6.42. The molecule has 1 aliphatic rings. The maximum atomic E-state index is 12.9. The number of nitrogens with zero attached hydrogens (tertiary/aromatic N) is 3. The first-order valence-electron chi connectivity index (χ1n) is 9.60. The number of rotatable bonds is 8. The van der Waals surface area contributed by atoms with Crippen molar-refractivity contribution >= 4 is 5.91 Å². The van der Waals surface area contributed by atoms with E-state index in [1.54, 1.807) is 12.1 Å². The van der Waals surface area contributed by atoms with Gasteiger partial charge < -0.3 is 14.2 Å². The molecule has 0 radical (unpaired) electrons. The van der Waals surface area contributed by atoms with E-state index in [9.17, 15) is 9.18 Å². The zero-order valence-corrected chi connectivity index (χ0v) is 15.9. The van der Waals surface area contributed by atoms with Crippen LogP contribution in [0.25, 0.3) is 0 Å². The third-order valence-electron chi connectivity index (χ3n) is 5.08. The van der Waals surface area contributed by atoms with E-state index < -0.39 is 0 Å². The summed E-state index contributed by atoms with van der Waals surface area (Å²) in [7, 11) is 0. The molecule has 27 heavy (non-hydrogen) atoms. The lowest BCUT2D eigenvalue weighted by Crippen LogP contribution is -2.33. The van der Waals surface area contributed by atoms with E-state index in [4.69, 9.17) is 9.26 Å². The molecular formula is C20H26FN3O3. The third kappa shape index (κ3) is 4.84. The molecule has 1 aromatic heterocycles. The minimum atomic E-state index is -0.293. The van der Waals surface area contributed by atoms with Crippen molar-refractivity contribution in [2.45, 2.75) is 45.4 Å². The number of carbonyl (C=O) groups excluding carboxylic acids is 1. The van der Waals surface area contributed by atoms with Crippen molar-refractivity contribution in [3.8, 4) is 5.75 Å². The van der Waals surface area contributed by atoms with Crippen LogP contribution in [0.5, 0.6) is 5.75 Å². The molecule has 0 bridgehead atoms. The predicted octanol–water partition coefficient (Wildman–Crippen LogP) is 3.58. The molecule has 1 saturated heterocycles. The Morgan fingerprint density at radius 3 is 2.78 bits per heavy atom. The summed E-state index contributed by atoms with van der Waals surface area (Å²) in [6, 6.07) is 5.88. The van der Waals surface area contributed by atoms with E-state index in [2.05, 4.69) is 24.0 Å². The largest absolute Gasteiger partial charge is 0.493 e. The van der Waals surface area contributed by atoms with Crippen LogP contribution in [0.4, 0.5) is 4.39 Å². The molecule has 1 aromatic carbocycles. The van der Waals surface area contributed by atoms with Crippen LogP contribution in [0, 0.1) is 11.7 Å². The average Bonchev–Trinajstić information content (AvgIpc) is 3.33. The highest BCUT2D eigenvalue weighted by molar-refractivity contribution is 5.79. The second-order valence-electron chi connectivity index (χ2n) is 6.88. The molecular weight excluding hydrogens is 349 g/mol. The van der Waals surface area contributed by atoms with E-state index in [1.165, 1.54) is 12.1 Å². The number of carbonyl (C=O) groups is 1. The molecule has 0 aliphatic carbocycles. The van der Waals surface area contributed by atoms with E-state index in [0.717, 1.165) is 25.8 Å². The van der Waals surface area contributed by atoms with Crippen molar-refractivity contribution < 1.29 is 18.4 Å². The summed E-state index contributed by atoms with van der Waals surface area (Å²) in [5.74, 6) is 1.91. The van der Waals surface area contributed by atoms with Crippen molar-refractivity contribution in [1.82, 2.24) is 15.0 Å². The van der Waals surface area contributed by atoms with Gasteiger partial charge in [-0.1, -0.05) is 19.0 Å². The number of hydrogen-bond donors (Lipinski definition) is 0. The number of aromatic nitrogens is 2. The van der Waals surface area contributed by atoms with Gasteiger partial charge in [0.25, 0.3) is 0 Å². The van der Waals surface area contributed by atoms with E-state index >= 15 is 0 Å². The summed E-state index contributed by atoms with van der Waals surface area (Å²) in [4.78, 5) is 18.9. The maximum Gasteiger partial charge on any atom is 0.231 e. The van der Waals surface area contributed by atoms with Crippen molar-refractivity contribution in [3.05, 3.63) is 41.8 Å². The van der Waals surface area contributed by atoms with Crippen molar-refractivity contribution in [2.75, 3.05) is 19.7 Å². The monoisotopic (exact) mass is 375 g/mol. The van der Waals surface area contributed by atoms with Gasteiger partial charge in [-0.2, -0.15) is 4.98 Å². The lowest BCUT2D eigenvalue weighted by molar-refractivity contribution is -0.134. The molecule has 2 aromatic rings. The van der Waals surface area contributed by atoms with Crippen LogP contribution in [-0.2, 0) is 11.2 Å². The number of halogens is 1. The minimum Gasteiger partial charge on any atom is -0.493 e. The van der Waals surface area contributed by atoms with E-state index in [1.807, 2.05) is 4.90 Å². The van der Waals surface area contributed by atoms with Gasteiger partial charge in [0.05, 0.1) is 12.5 Å². The van der Waals surface area contributed by atoms with Crippen molar-refractivity contribution in [1.29, 1.82) is 0 Å². The van der Waals surface area contributed by atoms with Gasteiger partial charge in [0.1, 0.15) is 11.6 Å². The van der Waals surface area contributed by atoms with Crippen LogP contribution in [0.1, 0.15) is 50.7 Å². The van der Waals surface area contributed by atoms with Crippen molar-refractivity contribution in [2.24, 2.45) is 5.92 Å². The van der Waals surface area contributed by atoms with Gasteiger partial charge in [-0.3, -0.25) is 4.79 Å². The quantitative estimate of drug-likeness (QED) is 0.705. The molecule has 0 spiro atoms. The molecule has 1 atom stereocenters. The van der Waals surface area contributed by atoms with Gasteiger partial charge in [0, 0.05) is 25.4 Å². The average molecular weight is 375 g/mol. The predicted molar refractivity (Wildman–Crippen MR) is 97.9 cm³/mol. The van der Waals surface area contributed by atoms with Gasteiger partial charge in [0.2, 0.25) is 11.8 Å². The SMILES string of the molecule is CCC(CC)C(=O)N1CCC(c2nc(CCOc3ccc(F)cc3)no2)C1. The van der Waals surface area contributed by atoms with E-state index in [-0.39, 0.29) is 23.6 Å². The van der Waals surface area contributed by atoms with Crippen LogP contribution in [0.3, 0.4) is 0 Å². The summed E-state index contributed by atoms with van der Waals surface area (Å²) in [5.41, 5.74) is 0. The number of hydrogen-bond acceptors (Lipinski definition) is 5. The fourth-order valence-electron chi connectivity index (χ4n) is 3.38. The zero-order chi connectivity index (χ0) is 19.2. The molecule has 2 heterocycles. The van der Waals surface area contributed by atoms with Gasteiger partial charge in [-0.15, -0.1) is 0 Å². The van der Waals surface area contributed by atoms with Gasteiger partial charge in [0.15, 0.2) is 5.82 Å². The highest BCUT2D eigenvalue weighted by atomic mass is 19.1. The molecule has 0 N–H and O–H groups in total. The second-order valence-corrected chi connectivity index (χ2v) is 6.88. The first-order chi connectivity index (χ1) is 13.1. The number of amides is 1. The molecule has 1 aliphatic heterocycles. The topological polar surface area (TPSA) is 68.5 Å². The Balaban J connectivity index is 1.49. The highest BCUT2D eigenvalue weighted by Gasteiger charge is 2.33. The zero-order valence-electron chi connectivity index (χ0n) is 15.9. The van der Waals surface area contributed by atoms with Crippen LogP contribution >= 0.6 is 0 Å². The smallest absolute Gasteiger partial charge is 0.231 e. The fourth-order valence-corrected chi connectivity index (χ4v) is 3.38. The van der Waals surface area contributed by atoms with Gasteiger partial charge >= 0.3 is 0 Å². The summed E-state index contributed by atoms with van der Waals surface area (Å²) in [5, 5.41) is 4.01. The van der Waals surface area contributed by atoms with Crippen LogP contribution < -0.4 is 4.74 Å². The van der Waals surface area contributed by atoms with Crippen LogP contribution in [0.2, 0.25) is 0 Å². The fraction of sp³-hybridized carbons (Fsp3) is 0.550. The Labute approximate surface area is 158 Å². The lowest BCUT2D eigenvalue weighted by Gasteiger charge is -2.21. The Morgan fingerprint density at radius 1 is 1.33 bits per heavy atom. The molecule has 1 amide bonds. The Morgan fingerprint density at radius 2 is 2.07 bits per heavy atom. The lowest BCUT2D eigenvalue weighted by atomic mass is 10.0. The van der Waals surface area contributed by atoms with Gasteiger partial charge in [-0.25, -0.2) is 4.39 Å². The summed E-state index contributed by atoms with van der Waals surface area (Å²) >= 11 is 0. The maximum absolute atomic E-state index is 12.9. The number of ether oxygens (including phenoxy) is 1. The standard InChI is InChI=1S/C20H26FN3O3/c1-3-14(4-2)20(25)24-11-9-15(13-24)19-22-18(23-27-19)10-12-26-17-7-5-16(21)6-8-17/h5-8,14-15H,3-4,9-13H2,1-2H3. The summed E-state index contributed by atoms with van der Waals surface area (Å²) in [6.07, 6.45) is 3.09. The summed E-state index contributed by atoms with van der Waals surface area (Å²) in [6.45, 7) is 5.87. The second kappa shape index (κ2) is 8.97. The molecule has 3 rings (SSSR count). The minimum absolute atomic E-state index is 0.0996. The summed E-state index contributed by atoms with van der Waals surface area (Å²) < 4.78 is 23.8. The molecule has 6 nitrogen and oxygen atoms in total. The normalized spacial score (nSPS) is 16.9. The molecule has 1 fully saturated rings. The Bertz CT molecular complexity index is 743.